The van der Waals surface area contributed by atoms with E-state index in [9.17, 15) is 22.6 Å². The van der Waals surface area contributed by atoms with E-state index in [0.29, 0.717) is 18.7 Å². The highest BCUT2D eigenvalue weighted by molar-refractivity contribution is 7.91. The van der Waals surface area contributed by atoms with E-state index >= 15 is 0 Å². The highest BCUT2D eigenvalue weighted by Gasteiger charge is 2.32. The van der Waals surface area contributed by atoms with Crippen LogP contribution < -0.4 is 0 Å². The van der Waals surface area contributed by atoms with Gasteiger partial charge in [0.2, 0.25) is 9.84 Å². The summed E-state index contributed by atoms with van der Waals surface area (Å²) in [6, 6.07) is 9.11. The highest BCUT2D eigenvalue weighted by Crippen LogP contribution is 2.33. The molecule has 1 unspecified atom stereocenters. The minimum atomic E-state index is -4.00. The molecule has 0 aliphatic carbocycles. The lowest BCUT2D eigenvalue weighted by Crippen LogP contribution is -2.34. The Hall–Kier alpha value is -2.23. The Bertz CT molecular complexity index is 1010. The molecule has 1 N–H and O–H groups in total. The molecule has 0 saturated carbocycles. The van der Waals surface area contributed by atoms with Crippen LogP contribution in [0.1, 0.15) is 35.2 Å². The maximum absolute atomic E-state index is 13.5. The average Bonchev–Trinajstić information content (AvgIpc) is 3.18. The third kappa shape index (κ3) is 4.52. The fraction of sp³-hybridized carbons (Fsp3) is 0.350. The molecule has 0 spiro atoms. The molecule has 1 fully saturated rings. The van der Waals surface area contributed by atoms with Crippen molar-refractivity contribution in [2.24, 2.45) is 0 Å². The minimum Gasteiger partial charge on any atom is -0.462 e. The third-order valence-corrected chi connectivity index (χ3v) is 6.87. The molecule has 2 aromatic rings. The summed E-state index contributed by atoms with van der Waals surface area (Å²) in [7, 11) is -4.59. The highest BCUT2D eigenvalue weighted by atomic mass is 32.2. The molecule has 3 rings (SSSR count). The quantitative estimate of drug-likeness (QED) is 0.573. The number of halogens is 1. The maximum Gasteiger partial charge on any atom is 0.376 e. The first-order valence-electron chi connectivity index (χ1n) is 9.48. The normalized spacial score (nSPS) is 17.3. The van der Waals surface area contributed by atoms with E-state index in [2.05, 4.69) is 0 Å². The van der Waals surface area contributed by atoms with Gasteiger partial charge in [-0.25, -0.2) is 17.6 Å². The molecule has 1 heterocycles. The second kappa shape index (κ2) is 8.65. The fourth-order valence-corrected chi connectivity index (χ4v) is 4.91. The van der Waals surface area contributed by atoms with Crippen LogP contribution in [0.25, 0.3) is 0 Å². The number of hydrogen-bond donors (Lipinski definition) is 1. The molecule has 1 atom stereocenters. The molecule has 1 aliphatic rings. The second-order valence-corrected chi connectivity index (χ2v) is 8.99. The molecule has 0 aromatic heterocycles. The van der Waals surface area contributed by atoms with E-state index in [1.54, 1.807) is 19.8 Å². The van der Waals surface area contributed by atoms with Crippen molar-refractivity contribution in [1.29, 1.82) is 0 Å². The number of carbonyl (C=O) groups excluding carboxylic acids is 1. The van der Waals surface area contributed by atoms with E-state index in [0.717, 1.165) is 12.5 Å². The monoisotopic (exact) mass is 419 g/mol. The third-order valence-electron chi connectivity index (χ3n) is 5.12. The summed E-state index contributed by atoms with van der Waals surface area (Å²) in [5.74, 6) is -1.29. The van der Waals surface area contributed by atoms with Crippen LogP contribution >= 0.6 is 0 Å². The predicted octanol–water partition coefficient (Wildman–Crippen LogP) is 2.73. The van der Waals surface area contributed by atoms with Crippen LogP contribution in [0.3, 0.4) is 0 Å². The summed E-state index contributed by atoms with van der Waals surface area (Å²) in [5, 5.41) is 9.80. The molecule has 2 aromatic carbocycles. The Balaban J connectivity index is 2.03. The number of hydrogen-bond acceptors (Lipinski definition) is 6. The molecular weight excluding hydrogens is 396 g/mol. The zero-order valence-corrected chi connectivity index (χ0v) is 17.2. The van der Waals surface area contributed by atoms with Gasteiger partial charge in [-0.3, -0.25) is 0 Å². The average molecular weight is 419 g/mol. The van der Waals surface area contributed by atoms with Gasteiger partial charge < -0.3 is 14.6 Å². The fourth-order valence-electron chi connectivity index (χ4n) is 3.59. The number of sulfone groups is 1. The second-order valence-electron chi connectivity index (χ2n) is 7.04. The molecule has 29 heavy (non-hydrogen) atoms. The van der Waals surface area contributed by atoms with Gasteiger partial charge >= 0.3 is 13.0 Å². The van der Waals surface area contributed by atoms with Gasteiger partial charge in [0, 0.05) is 0 Å². The lowest BCUT2D eigenvalue weighted by molar-refractivity contribution is 0.0524. The topological polar surface area (TPSA) is 83.9 Å². The standard InChI is InChI=1S/C20H23BFNO5S/c1-3-28-20(24)19-12-17(29(26,27)16-6-4-5-15(22)11-16)7-8-18(19)14-9-10-23(13-14)21(2)25/h4-8,11-12,14,25H,3,9-10,13H2,1-2H3. The summed E-state index contributed by atoms with van der Waals surface area (Å²) in [6.45, 7) is 4.75. The Morgan fingerprint density at radius 1 is 1.28 bits per heavy atom. The van der Waals surface area contributed by atoms with Crippen LogP contribution in [0.4, 0.5) is 4.39 Å². The minimum absolute atomic E-state index is 0.0325. The molecule has 0 bridgehead atoms. The number of nitrogens with zero attached hydrogens (tertiary/aromatic N) is 1. The summed E-state index contributed by atoms with van der Waals surface area (Å²) in [6.07, 6.45) is 0.729. The van der Waals surface area contributed by atoms with Crippen molar-refractivity contribution in [3.05, 3.63) is 59.4 Å². The van der Waals surface area contributed by atoms with Gasteiger partial charge in [-0.05, 0) is 75.1 Å². The first kappa shape index (κ1) is 21.5. The Labute approximate surface area is 170 Å². The van der Waals surface area contributed by atoms with E-state index in [1.807, 2.05) is 4.81 Å². The first-order chi connectivity index (χ1) is 13.7. The van der Waals surface area contributed by atoms with Gasteiger partial charge in [0.1, 0.15) is 5.82 Å². The van der Waals surface area contributed by atoms with Crippen LogP contribution in [0, 0.1) is 5.82 Å². The van der Waals surface area contributed by atoms with Crippen LogP contribution in [0.15, 0.2) is 52.3 Å². The summed E-state index contributed by atoms with van der Waals surface area (Å²) < 4.78 is 44.5. The predicted molar refractivity (Wildman–Crippen MR) is 107 cm³/mol. The van der Waals surface area contributed by atoms with Crippen LogP contribution in [-0.4, -0.2) is 51.0 Å². The smallest absolute Gasteiger partial charge is 0.376 e. The van der Waals surface area contributed by atoms with Crippen molar-refractivity contribution < 1.29 is 27.4 Å². The molecule has 154 valence electrons. The molecule has 6 nitrogen and oxygen atoms in total. The van der Waals surface area contributed by atoms with E-state index < -0.39 is 28.7 Å². The van der Waals surface area contributed by atoms with Gasteiger partial charge in [-0.2, -0.15) is 0 Å². The number of benzene rings is 2. The summed E-state index contributed by atoms with van der Waals surface area (Å²) in [4.78, 5) is 14.2. The van der Waals surface area contributed by atoms with Gasteiger partial charge in [0.05, 0.1) is 22.0 Å². The van der Waals surface area contributed by atoms with Gasteiger partial charge in [-0.1, -0.05) is 12.1 Å². The summed E-state index contributed by atoms with van der Waals surface area (Å²) >= 11 is 0. The van der Waals surface area contributed by atoms with Gasteiger partial charge in [0.15, 0.2) is 0 Å². The Morgan fingerprint density at radius 3 is 2.62 bits per heavy atom. The van der Waals surface area contributed by atoms with Crippen LogP contribution in [0.5, 0.6) is 0 Å². The van der Waals surface area contributed by atoms with Crippen LogP contribution in [-0.2, 0) is 14.6 Å². The van der Waals surface area contributed by atoms with E-state index in [4.69, 9.17) is 4.74 Å². The lowest BCUT2D eigenvalue weighted by atomic mass is 9.85. The molecule has 1 aliphatic heterocycles. The summed E-state index contributed by atoms with van der Waals surface area (Å²) in [5.41, 5.74) is 0.867. The van der Waals surface area contributed by atoms with Crippen molar-refractivity contribution in [3.63, 3.8) is 0 Å². The molecule has 0 radical (unpaired) electrons. The van der Waals surface area contributed by atoms with Crippen molar-refractivity contribution in [1.82, 2.24) is 4.81 Å². The SMILES string of the molecule is CCOC(=O)c1cc(S(=O)(=O)c2cccc(F)c2)ccc1C1CCN(B(C)O)C1. The number of ether oxygens (including phenoxy) is 1. The molecule has 1 saturated heterocycles. The van der Waals surface area contributed by atoms with Crippen LogP contribution in [0.2, 0.25) is 6.82 Å². The zero-order valence-electron chi connectivity index (χ0n) is 16.3. The van der Waals surface area contributed by atoms with Crippen molar-refractivity contribution >= 4 is 22.9 Å². The largest absolute Gasteiger partial charge is 0.462 e. The zero-order chi connectivity index (χ0) is 21.2. The number of carbonyl (C=O) groups is 1. The Morgan fingerprint density at radius 2 is 2.00 bits per heavy atom. The molecule has 0 amide bonds. The van der Waals surface area contributed by atoms with Crippen molar-refractivity contribution in [3.8, 4) is 0 Å². The molecule has 9 heteroatoms. The van der Waals surface area contributed by atoms with Gasteiger partial charge in [-0.15, -0.1) is 0 Å². The molecular formula is C20H23BFNO5S. The lowest BCUT2D eigenvalue weighted by Gasteiger charge is -2.18. The van der Waals surface area contributed by atoms with E-state index in [-0.39, 0.29) is 27.9 Å². The van der Waals surface area contributed by atoms with Crippen molar-refractivity contribution in [2.45, 2.75) is 35.9 Å². The van der Waals surface area contributed by atoms with Gasteiger partial charge in [0.25, 0.3) is 0 Å². The van der Waals surface area contributed by atoms with Crippen molar-refractivity contribution in [2.75, 3.05) is 19.7 Å². The Kier molecular flexibility index (Phi) is 6.41. The number of esters is 1. The first-order valence-corrected chi connectivity index (χ1v) is 11.0. The number of rotatable bonds is 6. The van der Waals surface area contributed by atoms with E-state index in [1.165, 1.54) is 30.3 Å². The maximum atomic E-state index is 13.5.